The zero-order valence-corrected chi connectivity index (χ0v) is 21.0. The van der Waals surface area contributed by atoms with E-state index in [1.54, 1.807) is 17.0 Å². The van der Waals surface area contributed by atoms with Crippen LogP contribution in [0.1, 0.15) is 52.1 Å². The van der Waals surface area contributed by atoms with Crippen LogP contribution in [0.25, 0.3) is 10.9 Å². The van der Waals surface area contributed by atoms with Crippen molar-refractivity contribution < 1.29 is 28.6 Å². The predicted octanol–water partition coefficient (Wildman–Crippen LogP) is 4.93. The van der Waals surface area contributed by atoms with Gasteiger partial charge in [0.1, 0.15) is 5.82 Å². The van der Waals surface area contributed by atoms with Crippen LogP contribution >= 0.6 is 11.6 Å². The molecule has 2 aromatic carbocycles. The number of fused-ring (bicyclic) bond motifs is 1. The van der Waals surface area contributed by atoms with Gasteiger partial charge in [0.2, 0.25) is 0 Å². The average Bonchev–Trinajstić information content (AvgIpc) is 3.21. The van der Waals surface area contributed by atoms with Crippen LogP contribution in [0.5, 0.6) is 0 Å². The maximum absolute atomic E-state index is 13.9. The molecular formula is C28H28ClFN2O5. The summed E-state index contributed by atoms with van der Waals surface area (Å²) in [7, 11) is 0. The van der Waals surface area contributed by atoms with Crippen molar-refractivity contribution in [3.63, 3.8) is 0 Å². The molecule has 2 aliphatic heterocycles. The molecule has 2 fully saturated rings. The largest absolute Gasteiger partial charge is 0.481 e. The van der Waals surface area contributed by atoms with Crippen LogP contribution in [0.2, 0.25) is 5.02 Å². The number of piperidine rings is 1. The molecule has 194 valence electrons. The third kappa shape index (κ3) is 4.64. The molecule has 1 aromatic heterocycles. The first-order valence-corrected chi connectivity index (χ1v) is 12.9. The van der Waals surface area contributed by atoms with Gasteiger partial charge >= 0.3 is 5.97 Å². The number of aromatic nitrogens is 1. The van der Waals surface area contributed by atoms with Crippen LogP contribution in [-0.2, 0) is 21.5 Å². The number of carbonyl (C=O) groups is 3. The Balaban J connectivity index is 1.47. The highest BCUT2D eigenvalue weighted by Crippen LogP contribution is 2.38. The van der Waals surface area contributed by atoms with Gasteiger partial charge in [0.25, 0.3) is 5.91 Å². The van der Waals surface area contributed by atoms with Gasteiger partial charge in [0.15, 0.2) is 6.29 Å². The summed E-state index contributed by atoms with van der Waals surface area (Å²) in [4.78, 5) is 40.2. The summed E-state index contributed by atoms with van der Waals surface area (Å²) in [5.41, 5.74) is 0.677. The number of carbonyl (C=O) groups excluding carboxylic acids is 2. The molecule has 5 rings (SSSR count). The summed E-state index contributed by atoms with van der Waals surface area (Å²) in [6.45, 7) is 2.31. The highest BCUT2D eigenvalue weighted by atomic mass is 35.5. The maximum Gasteiger partial charge on any atom is 0.314 e. The standard InChI is InChI=1S/C28H28ClFN2O5/c29-20-3-6-23-22(15-20)25(24(17-33)32(23)16-18-7-13-37-14-8-18)26(34)31-11-9-28(10-12-31,27(35)36)19-1-4-21(30)5-2-19/h1-6,15,17-18H,7-14,16H2,(H,35,36). The Hall–Kier alpha value is -3.23. The van der Waals surface area contributed by atoms with Crippen molar-refractivity contribution >= 4 is 40.7 Å². The number of hydrogen-bond acceptors (Lipinski definition) is 4. The number of hydrogen-bond donors (Lipinski definition) is 1. The molecule has 2 saturated heterocycles. The second kappa shape index (κ2) is 10.3. The van der Waals surface area contributed by atoms with Crippen molar-refractivity contribution in [2.45, 2.75) is 37.6 Å². The van der Waals surface area contributed by atoms with Crippen LogP contribution < -0.4 is 0 Å². The van der Waals surface area contributed by atoms with Gasteiger partial charge in [-0.25, -0.2) is 4.39 Å². The first kappa shape index (κ1) is 25.4. The summed E-state index contributed by atoms with van der Waals surface area (Å²) in [5, 5.41) is 11.2. The van der Waals surface area contributed by atoms with E-state index in [9.17, 15) is 23.9 Å². The average molecular weight is 527 g/mol. The van der Waals surface area contributed by atoms with Crippen LogP contribution in [0.4, 0.5) is 4.39 Å². The van der Waals surface area contributed by atoms with Crippen molar-refractivity contribution in [1.82, 2.24) is 9.47 Å². The molecule has 37 heavy (non-hydrogen) atoms. The Labute approximate surface area is 218 Å². The summed E-state index contributed by atoms with van der Waals surface area (Å²) in [6.07, 6.45) is 2.84. The molecule has 0 bridgehead atoms. The fraction of sp³-hybridized carbons (Fsp3) is 0.393. The molecule has 0 unspecified atom stereocenters. The molecule has 3 aromatic rings. The lowest BCUT2D eigenvalue weighted by molar-refractivity contribution is -0.145. The lowest BCUT2D eigenvalue weighted by Gasteiger charge is -2.39. The summed E-state index contributed by atoms with van der Waals surface area (Å²) >= 11 is 6.30. The number of nitrogens with zero attached hydrogens (tertiary/aromatic N) is 2. The molecule has 0 aliphatic carbocycles. The molecule has 9 heteroatoms. The first-order valence-electron chi connectivity index (χ1n) is 12.5. The van der Waals surface area contributed by atoms with Crippen LogP contribution in [0, 0.1) is 11.7 Å². The summed E-state index contributed by atoms with van der Waals surface area (Å²) in [5.74, 6) is -1.43. The SMILES string of the molecule is O=Cc1c(C(=O)N2CCC(C(=O)O)(c3ccc(F)cc3)CC2)c2cc(Cl)ccc2n1CC1CCOCC1. The zero-order chi connectivity index (χ0) is 26.2. The topological polar surface area (TPSA) is 88.8 Å². The van der Waals surface area contributed by atoms with E-state index in [4.69, 9.17) is 16.3 Å². The normalized spacial score (nSPS) is 18.2. The third-order valence-electron chi connectivity index (χ3n) is 7.88. The number of rotatable bonds is 6. The Morgan fingerprint density at radius 1 is 1.11 bits per heavy atom. The van der Waals surface area contributed by atoms with E-state index in [0.29, 0.717) is 52.9 Å². The second-order valence-electron chi connectivity index (χ2n) is 9.89. The molecule has 0 spiro atoms. The van der Waals surface area contributed by atoms with Gasteiger partial charge in [-0.2, -0.15) is 0 Å². The van der Waals surface area contributed by atoms with Crippen molar-refractivity contribution in [3.05, 3.63) is 70.1 Å². The minimum atomic E-state index is -1.21. The lowest BCUT2D eigenvalue weighted by Crippen LogP contribution is -2.49. The van der Waals surface area contributed by atoms with E-state index >= 15 is 0 Å². The molecule has 0 saturated carbocycles. The van der Waals surface area contributed by atoms with Crippen molar-refractivity contribution in [3.8, 4) is 0 Å². The van der Waals surface area contributed by atoms with E-state index < -0.39 is 17.2 Å². The van der Waals surface area contributed by atoms with Crippen molar-refractivity contribution in [1.29, 1.82) is 0 Å². The number of ether oxygens (including phenoxy) is 1. The number of likely N-dealkylation sites (tertiary alicyclic amines) is 1. The van der Waals surface area contributed by atoms with Gasteiger partial charge in [-0.1, -0.05) is 23.7 Å². The molecule has 3 heterocycles. The molecular weight excluding hydrogens is 499 g/mol. The molecule has 7 nitrogen and oxygen atoms in total. The Bertz CT molecular complexity index is 1340. The Morgan fingerprint density at radius 3 is 2.41 bits per heavy atom. The summed E-state index contributed by atoms with van der Waals surface area (Å²) < 4.78 is 20.8. The molecule has 0 radical (unpaired) electrons. The number of carboxylic acids is 1. The fourth-order valence-corrected chi connectivity index (χ4v) is 5.89. The number of aldehydes is 1. The van der Waals surface area contributed by atoms with E-state index in [0.717, 1.165) is 24.6 Å². The molecule has 0 atom stereocenters. The number of aliphatic carboxylic acids is 1. The van der Waals surface area contributed by atoms with Crippen LogP contribution in [0.15, 0.2) is 42.5 Å². The maximum atomic E-state index is 13.9. The van der Waals surface area contributed by atoms with Gasteiger partial charge in [0.05, 0.1) is 16.7 Å². The van der Waals surface area contributed by atoms with Gasteiger partial charge in [-0.3, -0.25) is 14.4 Å². The molecule has 1 amide bonds. The van der Waals surface area contributed by atoms with Gasteiger partial charge < -0.3 is 19.3 Å². The van der Waals surface area contributed by atoms with Crippen LogP contribution in [-0.4, -0.2) is 59.0 Å². The fourth-order valence-electron chi connectivity index (χ4n) is 5.72. The van der Waals surface area contributed by atoms with Crippen molar-refractivity contribution in [2.75, 3.05) is 26.3 Å². The minimum Gasteiger partial charge on any atom is -0.481 e. The number of halogens is 2. The highest BCUT2D eigenvalue weighted by Gasteiger charge is 2.44. The Kier molecular flexibility index (Phi) is 7.05. The smallest absolute Gasteiger partial charge is 0.314 e. The van der Waals surface area contributed by atoms with E-state index in [1.165, 1.54) is 24.3 Å². The van der Waals surface area contributed by atoms with E-state index in [1.807, 2.05) is 10.6 Å². The third-order valence-corrected chi connectivity index (χ3v) is 8.12. The van der Waals surface area contributed by atoms with Gasteiger partial charge in [0, 0.05) is 48.8 Å². The van der Waals surface area contributed by atoms with Gasteiger partial charge in [-0.15, -0.1) is 0 Å². The van der Waals surface area contributed by atoms with E-state index in [2.05, 4.69) is 0 Å². The number of benzene rings is 2. The van der Waals surface area contributed by atoms with Gasteiger partial charge in [-0.05, 0) is 67.5 Å². The number of carboxylic acid groups (broad SMARTS) is 1. The quantitative estimate of drug-likeness (QED) is 0.460. The monoisotopic (exact) mass is 526 g/mol. The molecule has 2 aliphatic rings. The first-order chi connectivity index (χ1) is 17.8. The highest BCUT2D eigenvalue weighted by molar-refractivity contribution is 6.31. The zero-order valence-electron chi connectivity index (χ0n) is 20.3. The second-order valence-corrected chi connectivity index (χ2v) is 10.3. The molecule has 1 N–H and O–H groups in total. The lowest BCUT2D eigenvalue weighted by atomic mass is 9.72. The number of amides is 1. The van der Waals surface area contributed by atoms with Crippen LogP contribution in [0.3, 0.4) is 0 Å². The Morgan fingerprint density at radius 2 is 1.78 bits per heavy atom. The predicted molar refractivity (Wildman–Crippen MR) is 137 cm³/mol. The van der Waals surface area contributed by atoms with E-state index in [-0.39, 0.29) is 31.8 Å². The minimum absolute atomic E-state index is 0.178. The summed E-state index contributed by atoms with van der Waals surface area (Å²) in [6, 6.07) is 10.8. The van der Waals surface area contributed by atoms with Crippen molar-refractivity contribution in [2.24, 2.45) is 5.92 Å².